The highest BCUT2D eigenvalue weighted by Crippen LogP contribution is 2.27. The van der Waals surface area contributed by atoms with Crippen molar-refractivity contribution >= 4 is 34.0 Å². The zero-order chi connectivity index (χ0) is 21.6. The number of anilines is 1. The van der Waals surface area contributed by atoms with E-state index in [0.29, 0.717) is 11.6 Å². The van der Waals surface area contributed by atoms with Gasteiger partial charge in [-0.1, -0.05) is 67.1 Å². The summed E-state index contributed by atoms with van der Waals surface area (Å²) in [4.78, 5) is 13.1. The Morgan fingerprint density at radius 3 is 2.45 bits per heavy atom. The molecule has 1 aromatic heterocycles. The highest BCUT2D eigenvalue weighted by molar-refractivity contribution is 6.17. The fraction of sp³-hybridized carbons (Fsp3) is 0.231. The Hall–Kier alpha value is -3.11. The molecule has 1 N–H and O–H groups in total. The van der Waals surface area contributed by atoms with Gasteiger partial charge in [0.25, 0.3) is 5.91 Å². The molecule has 0 aliphatic carbocycles. The molecule has 31 heavy (non-hydrogen) atoms. The maximum atomic E-state index is 13.1. The molecule has 0 spiro atoms. The normalized spacial score (nSPS) is 11.0. The lowest BCUT2D eigenvalue weighted by Gasteiger charge is -2.08. The minimum atomic E-state index is -0.190. The van der Waals surface area contributed by atoms with Gasteiger partial charge in [-0.3, -0.25) is 9.48 Å². The Labute approximate surface area is 187 Å². The molecule has 1 amide bonds. The summed E-state index contributed by atoms with van der Waals surface area (Å²) in [7, 11) is 0. The topological polar surface area (TPSA) is 46.9 Å². The number of benzene rings is 3. The number of aryl methyl sites for hydroxylation is 1. The summed E-state index contributed by atoms with van der Waals surface area (Å²) in [5, 5.41) is 9.97. The summed E-state index contributed by atoms with van der Waals surface area (Å²) in [5.74, 6) is 0.479. The first-order valence-corrected chi connectivity index (χ1v) is 11.2. The summed E-state index contributed by atoms with van der Waals surface area (Å²) in [6.07, 6.45) is 2.99. The van der Waals surface area contributed by atoms with E-state index >= 15 is 0 Å². The third-order valence-electron chi connectivity index (χ3n) is 5.46. The number of carbonyl (C=O) groups is 1. The molecule has 5 heteroatoms. The van der Waals surface area contributed by atoms with E-state index in [1.165, 1.54) is 0 Å². The minimum absolute atomic E-state index is 0.190. The van der Waals surface area contributed by atoms with E-state index in [4.69, 9.17) is 16.7 Å². The first-order valence-electron chi connectivity index (χ1n) is 10.7. The van der Waals surface area contributed by atoms with E-state index in [-0.39, 0.29) is 5.91 Å². The van der Waals surface area contributed by atoms with E-state index in [9.17, 15) is 4.79 Å². The van der Waals surface area contributed by atoms with Gasteiger partial charge in [-0.05, 0) is 42.7 Å². The predicted molar refractivity (Wildman–Crippen MR) is 129 cm³/mol. The van der Waals surface area contributed by atoms with Crippen molar-refractivity contribution in [2.45, 2.75) is 32.7 Å². The summed E-state index contributed by atoms with van der Waals surface area (Å²) in [6.45, 7) is 2.73. The molecule has 0 radical (unpaired) electrons. The zero-order valence-corrected chi connectivity index (χ0v) is 18.4. The number of amides is 1. The van der Waals surface area contributed by atoms with Crippen molar-refractivity contribution < 1.29 is 4.79 Å². The lowest BCUT2D eigenvalue weighted by Crippen LogP contribution is -2.14. The fourth-order valence-corrected chi connectivity index (χ4v) is 4.07. The molecule has 0 atom stereocenters. The number of unbranched alkanes of at least 4 members (excludes halogenated alkanes) is 2. The van der Waals surface area contributed by atoms with E-state index in [1.54, 1.807) is 0 Å². The quantitative estimate of drug-likeness (QED) is 0.250. The highest BCUT2D eigenvalue weighted by Gasteiger charge is 2.21. The average Bonchev–Trinajstić information content (AvgIpc) is 3.13. The monoisotopic (exact) mass is 431 g/mol. The number of alkyl halides is 1. The molecule has 0 unspecified atom stereocenters. The third kappa shape index (κ3) is 4.80. The fourth-order valence-electron chi connectivity index (χ4n) is 3.88. The van der Waals surface area contributed by atoms with Crippen LogP contribution in [0.3, 0.4) is 0 Å². The standard InChI is InChI=1S/C26H26ClN3O/c1-19-24(26(31)28-23-15-14-20-10-6-7-13-22(20)18-23)29-30(17-9-3-8-16-27)25(19)21-11-4-2-5-12-21/h2,4-7,10-15,18H,3,8-9,16-17H2,1H3,(H,28,31). The van der Waals surface area contributed by atoms with Gasteiger partial charge in [-0.25, -0.2) is 0 Å². The second kappa shape index (κ2) is 9.80. The Kier molecular flexibility index (Phi) is 6.68. The Balaban J connectivity index is 1.63. The van der Waals surface area contributed by atoms with Crippen molar-refractivity contribution in [3.05, 3.63) is 84.1 Å². The van der Waals surface area contributed by atoms with Gasteiger partial charge in [0, 0.05) is 29.2 Å². The first-order chi connectivity index (χ1) is 15.2. The van der Waals surface area contributed by atoms with Crippen LogP contribution in [0.4, 0.5) is 5.69 Å². The molecule has 4 rings (SSSR count). The number of aromatic nitrogens is 2. The van der Waals surface area contributed by atoms with Crippen LogP contribution in [0.25, 0.3) is 22.0 Å². The zero-order valence-electron chi connectivity index (χ0n) is 17.6. The summed E-state index contributed by atoms with van der Waals surface area (Å²) >= 11 is 5.82. The average molecular weight is 432 g/mol. The van der Waals surface area contributed by atoms with E-state index in [0.717, 1.165) is 59.1 Å². The van der Waals surface area contributed by atoms with Crippen molar-refractivity contribution in [1.29, 1.82) is 0 Å². The van der Waals surface area contributed by atoms with Crippen molar-refractivity contribution in [3.63, 3.8) is 0 Å². The van der Waals surface area contributed by atoms with Gasteiger partial charge in [0.1, 0.15) is 0 Å². The number of hydrogen-bond donors (Lipinski definition) is 1. The molecule has 158 valence electrons. The van der Waals surface area contributed by atoms with Crippen LogP contribution in [-0.4, -0.2) is 21.6 Å². The largest absolute Gasteiger partial charge is 0.321 e. The Bertz CT molecular complexity index is 1180. The lowest BCUT2D eigenvalue weighted by atomic mass is 10.1. The smallest absolute Gasteiger partial charge is 0.276 e. The molecule has 0 bridgehead atoms. The van der Waals surface area contributed by atoms with E-state index in [2.05, 4.69) is 23.5 Å². The molecule has 0 saturated heterocycles. The maximum Gasteiger partial charge on any atom is 0.276 e. The van der Waals surface area contributed by atoms with Crippen LogP contribution in [0.5, 0.6) is 0 Å². The number of hydrogen-bond acceptors (Lipinski definition) is 2. The van der Waals surface area contributed by atoms with E-state index < -0.39 is 0 Å². The van der Waals surface area contributed by atoms with Crippen molar-refractivity contribution in [1.82, 2.24) is 9.78 Å². The number of halogens is 1. The SMILES string of the molecule is Cc1c(C(=O)Nc2ccc3ccccc3c2)nn(CCCCCCl)c1-c1ccccc1. The minimum Gasteiger partial charge on any atom is -0.321 e. The van der Waals surface area contributed by atoms with Gasteiger partial charge >= 0.3 is 0 Å². The molecular weight excluding hydrogens is 406 g/mol. The van der Waals surface area contributed by atoms with Gasteiger partial charge < -0.3 is 5.32 Å². The molecule has 4 aromatic rings. The van der Waals surface area contributed by atoms with Crippen LogP contribution in [-0.2, 0) is 6.54 Å². The summed E-state index contributed by atoms with van der Waals surface area (Å²) < 4.78 is 1.97. The van der Waals surface area contributed by atoms with Gasteiger partial charge in [0.2, 0.25) is 0 Å². The van der Waals surface area contributed by atoms with Crippen LogP contribution in [0, 0.1) is 6.92 Å². The van der Waals surface area contributed by atoms with Gasteiger partial charge in [0.15, 0.2) is 5.69 Å². The molecule has 0 saturated carbocycles. The molecule has 3 aromatic carbocycles. The highest BCUT2D eigenvalue weighted by atomic mass is 35.5. The second-order valence-corrected chi connectivity index (χ2v) is 8.06. The van der Waals surface area contributed by atoms with Gasteiger partial charge in [0.05, 0.1) is 5.69 Å². The molecule has 0 aliphatic rings. The predicted octanol–water partition coefficient (Wildman–Crippen LogP) is 6.67. The molecule has 4 nitrogen and oxygen atoms in total. The van der Waals surface area contributed by atoms with Crippen LogP contribution in [0.15, 0.2) is 72.8 Å². The number of carbonyl (C=O) groups excluding carboxylic acids is 1. The van der Waals surface area contributed by atoms with Crippen molar-refractivity contribution in [3.8, 4) is 11.3 Å². The lowest BCUT2D eigenvalue weighted by molar-refractivity contribution is 0.102. The molecule has 0 aliphatic heterocycles. The summed E-state index contributed by atoms with van der Waals surface area (Å²) in [5.41, 5.74) is 4.18. The second-order valence-electron chi connectivity index (χ2n) is 7.68. The van der Waals surface area contributed by atoms with E-state index in [1.807, 2.05) is 66.2 Å². The first kappa shape index (κ1) is 21.1. The van der Waals surface area contributed by atoms with Crippen molar-refractivity contribution in [2.75, 3.05) is 11.2 Å². The molecule has 0 fully saturated rings. The van der Waals surface area contributed by atoms with Crippen LogP contribution >= 0.6 is 11.6 Å². The molecular formula is C26H26ClN3O. The van der Waals surface area contributed by atoms with Gasteiger partial charge in [-0.15, -0.1) is 11.6 Å². The number of rotatable bonds is 8. The number of nitrogens with zero attached hydrogens (tertiary/aromatic N) is 2. The number of fused-ring (bicyclic) bond motifs is 1. The van der Waals surface area contributed by atoms with Gasteiger partial charge in [-0.2, -0.15) is 5.10 Å². The summed E-state index contributed by atoms with van der Waals surface area (Å²) in [6, 6.07) is 24.2. The van der Waals surface area contributed by atoms with Crippen molar-refractivity contribution in [2.24, 2.45) is 0 Å². The van der Waals surface area contributed by atoms with Crippen LogP contribution < -0.4 is 5.32 Å². The third-order valence-corrected chi connectivity index (χ3v) is 5.73. The van der Waals surface area contributed by atoms with Crippen LogP contribution in [0.2, 0.25) is 0 Å². The Morgan fingerprint density at radius 1 is 0.935 bits per heavy atom. The Morgan fingerprint density at radius 2 is 1.68 bits per heavy atom. The molecule has 1 heterocycles. The van der Waals surface area contributed by atoms with Crippen LogP contribution in [0.1, 0.15) is 35.3 Å². The number of nitrogens with one attached hydrogen (secondary N) is 1. The maximum absolute atomic E-state index is 13.1.